The predicted molar refractivity (Wildman–Crippen MR) is 79.5 cm³/mol. The molecule has 4 nitrogen and oxygen atoms in total. The molecule has 1 atom stereocenters. The van der Waals surface area contributed by atoms with Gasteiger partial charge in [0, 0.05) is 31.2 Å². The summed E-state index contributed by atoms with van der Waals surface area (Å²) >= 11 is 0. The molecule has 0 bridgehead atoms. The van der Waals surface area contributed by atoms with Gasteiger partial charge in [-0.15, -0.1) is 0 Å². The zero-order valence-electron chi connectivity index (χ0n) is 12.7. The number of carbonyl (C=O) groups is 1. The quantitative estimate of drug-likeness (QED) is 0.909. The Labute approximate surface area is 129 Å². The third-order valence-electron chi connectivity index (χ3n) is 4.67. The maximum atomic E-state index is 13.9. The Kier molecular flexibility index (Phi) is 4.29. The van der Waals surface area contributed by atoms with E-state index >= 15 is 0 Å². The van der Waals surface area contributed by atoms with Crippen molar-refractivity contribution in [1.29, 1.82) is 0 Å². The second kappa shape index (κ2) is 6.20. The van der Waals surface area contributed by atoms with Gasteiger partial charge < -0.3 is 10.2 Å². The summed E-state index contributed by atoms with van der Waals surface area (Å²) in [7, 11) is 0. The van der Waals surface area contributed by atoms with Gasteiger partial charge >= 0.3 is 6.03 Å². The SMILES string of the molecule is Cc1ccc(F)c(CNC(=O)N2CCN3CCC[C@H]3C2)c1F. The number of amides is 2. The van der Waals surface area contributed by atoms with E-state index in [0.717, 1.165) is 19.5 Å². The van der Waals surface area contributed by atoms with Crippen LogP contribution >= 0.6 is 0 Å². The van der Waals surface area contributed by atoms with Crippen LogP contribution in [0.2, 0.25) is 0 Å². The topological polar surface area (TPSA) is 35.6 Å². The molecule has 0 aliphatic carbocycles. The number of nitrogens with one attached hydrogen (secondary N) is 1. The number of nitrogens with zero attached hydrogens (tertiary/aromatic N) is 2. The number of benzene rings is 1. The molecule has 1 N–H and O–H groups in total. The van der Waals surface area contributed by atoms with Gasteiger partial charge in [-0.1, -0.05) is 6.07 Å². The molecular formula is C16H21F2N3O. The molecule has 3 rings (SSSR count). The van der Waals surface area contributed by atoms with Crippen molar-refractivity contribution in [2.75, 3.05) is 26.2 Å². The van der Waals surface area contributed by atoms with Crippen LogP contribution in [0.25, 0.3) is 0 Å². The van der Waals surface area contributed by atoms with Crippen molar-refractivity contribution in [3.63, 3.8) is 0 Å². The molecule has 2 aliphatic heterocycles. The average Bonchev–Trinajstić information content (AvgIpc) is 2.98. The summed E-state index contributed by atoms with van der Waals surface area (Å²) in [6, 6.07) is 2.82. The van der Waals surface area contributed by atoms with Crippen LogP contribution in [-0.2, 0) is 6.54 Å². The lowest BCUT2D eigenvalue weighted by atomic mass is 10.1. The van der Waals surface area contributed by atoms with Crippen molar-refractivity contribution in [3.05, 3.63) is 34.9 Å². The predicted octanol–water partition coefficient (Wildman–Crippen LogP) is 2.26. The minimum Gasteiger partial charge on any atom is -0.334 e. The van der Waals surface area contributed by atoms with Crippen LogP contribution in [-0.4, -0.2) is 48.1 Å². The number of carbonyl (C=O) groups excluding carboxylic acids is 1. The Bertz CT molecular complexity index is 579. The van der Waals surface area contributed by atoms with E-state index in [0.29, 0.717) is 24.7 Å². The van der Waals surface area contributed by atoms with Crippen LogP contribution < -0.4 is 5.32 Å². The molecule has 2 heterocycles. The van der Waals surface area contributed by atoms with Crippen LogP contribution in [0.1, 0.15) is 24.0 Å². The fraction of sp³-hybridized carbons (Fsp3) is 0.562. The minimum absolute atomic E-state index is 0.0761. The van der Waals surface area contributed by atoms with Gasteiger partial charge in [0.1, 0.15) is 11.6 Å². The number of halogens is 2. The number of piperazine rings is 1. The molecule has 2 saturated heterocycles. The Morgan fingerprint density at radius 2 is 2.14 bits per heavy atom. The first-order valence-electron chi connectivity index (χ1n) is 7.76. The highest BCUT2D eigenvalue weighted by Crippen LogP contribution is 2.21. The Balaban J connectivity index is 1.60. The van der Waals surface area contributed by atoms with Crippen molar-refractivity contribution in [2.45, 2.75) is 32.4 Å². The van der Waals surface area contributed by atoms with Crippen molar-refractivity contribution >= 4 is 6.03 Å². The largest absolute Gasteiger partial charge is 0.334 e. The van der Waals surface area contributed by atoms with Crippen molar-refractivity contribution in [2.24, 2.45) is 0 Å². The zero-order valence-corrected chi connectivity index (χ0v) is 12.7. The minimum atomic E-state index is -0.621. The van der Waals surface area contributed by atoms with Gasteiger partial charge in [0.25, 0.3) is 0 Å². The second-order valence-corrected chi connectivity index (χ2v) is 6.09. The summed E-state index contributed by atoms with van der Waals surface area (Å²) in [5.41, 5.74) is 0.304. The number of rotatable bonds is 2. The molecule has 0 radical (unpaired) electrons. The summed E-state index contributed by atoms with van der Waals surface area (Å²) in [6.07, 6.45) is 2.30. The summed E-state index contributed by atoms with van der Waals surface area (Å²) in [6.45, 7) is 4.82. The van der Waals surface area contributed by atoms with E-state index in [2.05, 4.69) is 10.2 Å². The van der Waals surface area contributed by atoms with Gasteiger partial charge in [-0.05, 0) is 37.9 Å². The smallest absolute Gasteiger partial charge is 0.317 e. The van der Waals surface area contributed by atoms with Crippen LogP contribution in [0.15, 0.2) is 12.1 Å². The van der Waals surface area contributed by atoms with Crippen molar-refractivity contribution < 1.29 is 13.6 Å². The lowest BCUT2D eigenvalue weighted by Crippen LogP contribution is -2.54. The number of aryl methyl sites for hydroxylation is 1. The second-order valence-electron chi connectivity index (χ2n) is 6.09. The maximum absolute atomic E-state index is 13.9. The summed E-state index contributed by atoms with van der Waals surface area (Å²) < 4.78 is 27.6. The normalized spacial score (nSPS) is 21.8. The van der Waals surface area contributed by atoms with Crippen LogP contribution in [0, 0.1) is 18.6 Å². The lowest BCUT2D eigenvalue weighted by molar-refractivity contribution is 0.117. The number of fused-ring (bicyclic) bond motifs is 1. The Morgan fingerprint density at radius 1 is 1.32 bits per heavy atom. The standard InChI is InChI=1S/C16H21F2N3O/c1-11-4-5-14(17)13(15(11)18)9-19-16(22)21-8-7-20-6-2-3-12(20)10-21/h4-5,12H,2-3,6-10H2,1H3,(H,19,22)/t12-/m0/s1. The summed E-state index contributed by atoms with van der Waals surface area (Å²) in [4.78, 5) is 16.4. The lowest BCUT2D eigenvalue weighted by Gasteiger charge is -2.37. The summed E-state index contributed by atoms with van der Waals surface area (Å²) in [5.74, 6) is -1.20. The van der Waals surface area contributed by atoms with Crippen molar-refractivity contribution in [3.8, 4) is 0 Å². The molecule has 120 valence electrons. The molecule has 0 spiro atoms. The molecule has 2 fully saturated rings. The van der Waals surface area contributed by atoms with Gasteiger partial charge in [0.05, 0.1) is 6.54 Å². The van der Waals surface area contributed by atoms with E-state index in [1.165, 1.54) is 18.6 Å². The third-order valence-corrected chi connectivity index (χ3v) is 4.67. The van der Waals surface area contributed by atoms with Gasteiger partial charge in [-0.3, -0.25) is 4.90 Å². The molecular weight excluding hydrogens is 288 g/mol. The monoisotopic (exact) mass is 309 g/mol. The first-order valence-corrected chi connectivity index (χ1v) is 7.76. The van der Waals surface area contributed by atoms with E-state index < -0.39 is 11.6 Å². The van der Waals surface area contributed by atoms with Gasteiger partial charge in [0.15, 0.2) is 0 Å². The number of hydrogen-bond donors (Lipinski definition) is 1. The van der Waals surface area contributed by atoms with Crippen LogP contribution in [0.3, 0.4) is 0 Å². The molecule has 0 saturated carbocycles. The summed E-state index contributed by atoms with van der Waals surface area (Å²) in [5, 5.41) is 2.65. The van der Waals surface area contributed by atoms with E-state index in [4.69, 9.17) is 0 Å². The first-order chi connectivity index (χ1) is 10.6. The van der Waals surface area contributed by atoms with Gasteiger partial charge in [0.2, 0.25) is 0 Å². The molecule has 1 aromatic rings. The molecule has 22 heavy (non-hydrogen) atoms. The van der Waals surface area contributed by atoms with Crippen molar-refractivity contribution in [1.82, 2.24) is 15.1 Å². The van der Waals surface area contributed by atoms with Gasteiger partial charge in [-0.2, -0.15) is 0 Å². The highest BCUT2D eigenvalue weighted by Gasteiger charge is 2.32. The average molecular weight is 309 g/mol. The van der Waals surface area contributed by atoms with E-state index in [1.807, 2.05) is 0 Å². The van der Waals surface area contributed by atoms with Crippen LogP contribution in [0.5, 0.6) is 0 Å². The maximum Gasteiger partial charge on any atom is 0.317 e. The van der Waals surface area contributed by atoms with Gasteiger partial charge in [-0.25, -0.2) is 13.6 Å². The highest BCUT2D eigenvalue weighted by molar-refractivity contribution is 5.74. The number of urea groups is 1. The molecule has 0 unspecified atom stereocenters. The van der Waals surface area contributed by atoms with Crippen LogP contribution in [0.4, 0.5) is 13.6 Å². The Morgan fingerprint density at radius 3 is 2.95 bits per heavy atom. The van der Waals surface area contributed by atoms with E-state index in [-0.39, 0.29) is 18.1 Å². The fourth-order valence-electron chi connectivity index (χ4n) is 3.33. The fourth-order valence-corrected chi connectivity index (χ4v) is 3.33. The highest BCUT2D eigenvalue weighted by atomic mass is 19.1. The molecule has 0 aromatic heterocycles. The first kappa shape index (κ1) is 15.2. The van der Waals surface area contributed by atoms with E-state index in [9.17, 15) is 13.6 Å². The Hall–Kier alpha value is -1.69. The molecule has 2 aliphatic rings. The molecule has 6 heteroatoms. The van der Waals surface area contributed by atoms with E-state index in [1.54, 1.807) is 11.8 Å². The molecule has 2 amide bonds. The number of hydrogen-bond acceptors (Lipinski definition) is 2. The molecule has 1 aromatic carbocycles. The zero-order chi connectivity index (χ0) is 15.7. The third kappa shape index (κ3) is 2.92.